The topological polar surface area (TPSA) is 109 Å². The summed E-state index contributed by atoms with van der Waals surface area (Å²) in [6, 6.07) is 3.43. The summed E-state index contributed by atoms with van der Waals surface area (Å²) >= 11 is 0. The van der Waals surface area contributed by atoms with Crippen LogP contribution in [0.5, 0.6) is 0 Å². The monoisotopic (exact) mass is 298 g/mol. The molecule has 1 aliphatic rings. The van der Waals surface area contributed by atoms with Gasteiger partial charge in [0, 0.05) is 31.5 Å². The molecule has 1 saturated carbocycles. The molecule has 20 heavy (non-hydrogen) atoms. The summed E-state index contributed by atoms with van der Waals surface area (Å²) in [5.41, 5.74) is 5.48. The van der Waals surface area contributed by atoms with Gasteiger partial charge in [0.15, 0.2) is 9.84 Å². The fourth-order valence-electron chi connectivity index (χ4n) is 2.02. The molecular formula is C12H18N4O3S. The SMILES string of the molecule is CS(=O)(=O)c1cccnc1N(CC/C(N)=N/O)C1CC1. The van der Waals surface area contributed by atoms with E-state index in [0.717, 1.165) is 12.8 Å². The molecular weight excluding hydrogens is 280 g/mol. The van der Waals surface area contributed by atoms with Gasteiger partial charge in [-0.05, 0) is 25.0 Å². The van der Waals surface area contributed by atoms with E-state index in [-0.39, 0.29) is 16.8 Å². The van der Waals surface area contributed by atoms with Crippen molar-refractivity contribution in [3.05, 3.63) is 18.3 Å². The second-order valence-electron chi connectivity index (χ2n) is 4.86. The van der Waals surface area contributed by atoms with Crippen LogP contribution in [0.2, 0.25) is 0 Å². The fraction of sp³-hybridized carbons (Fsp3) is 0.500. The molecule has 2 rings (SSSR count). The third-order valence-electron chi connectivity index (χ3n) is 3.15. The van der Waals surface area contributed by atoms with Gasteiger partial charge in [0.2, 0.25) is 0 Å². The van der Waals surface area contributed by atoms with Crippen LogP contribution in [0.3, 0.4) is 0 Å². The Balaban J connectivity index is 2.31. The van der Waals surface area contributed by atoms with Gasteiger partial charge >= 0.3 is 0 Å². The molecule has 0 amide bonds. The molecule has 3 N–H and O–H groups in total. The zero-order chi connectivity index (χ0) is 14.8. The Bertz CT molecular complexity index is 611. The van der Waals surface area contributed by atoms with E-state index in [1.807, 2.05) is 4.90 Å². The molecule has 1 fully saturated rings. The number of anilines is 1. The Labute approximate surface area is 118 Å². The van der Waals surface area contributed by atoms with Crippen LogP contribution in [0.1, 0.15) is 19.3 Å². The van der Waals surface area contributed by atoms with Gasteiger partial charge < -0.3 is 15.8 Å². The lowest BCUT2D eigenvalue weighted by molar-refractivity contribution is 0.317. The van der Waals surface area contributed by atoms with Crippen LogP contribution < -0.4 is 10.6 Å². The van der Waals surface area contributed by atoms with Gasteiger partial charge in [-0.2, -0.15) is 0 Å². The number of rotatable bonds is 6. The first-order valence-electron chi connectivity index (χ1n) is 6.31. The average Bonchev–Trinajstić information content (AvgIpc) is 3.22. The van der Waals surface area contributed by atoms with E-state index in [4.69, 9.17) is 10.9 Å². The first kappa shape index (κ1) is 14.6. The molecule has 1 heterocycles. The van der Waals surface area contributed by atoms with Crippen LogP contribution in [-0.2, 0) is 9.84 Å². The predicted octanol–water partition coefficient (Wildman–Crippen LogP) is 0.590. The zero-order valence-electron chi connectivity index (χ0n) is 11.2. The second kappa shape index (κ2) is 5.66. The summed E-state index contributed by atoms with van der Waals surface area (Å²) in [6.45, 7) is 0.472. The first-order valence-corrected chi connectivity index (χ1v) is 8.20. The maximum absolute atomic E-state index is 11.8. The van der Waals surface area contributed by atoms with Crippen molar-refractivity contribution >= 4 is 21.5 Å². The lowest BCUT2D eigenvalue weighted by Gasteiger charge is -2.25. The highest BCUT2D eigenvalue weighted by Gasteiger charge is 2.32. The number of nitrogens with zero attached hydrogens (tertiary/aromatic N) is 3. The van der Waals surface area contributed by atoms with Crippen molar-refractivity contribution in [2.45, 2.75) is 30.2 Å². The summed E-state index contributed by atoms with van der Waals surface area (Å²) in [6.07, 6.45) is 5.09. The molecule has 0 aliphatic heterocycles. The minimum absolute atomic E-state index is 0.118. The van der Waals surface area contributed by atoms with Gasteiger partial charge in [0.05, 0.1) is 0 Å². The Hall–Kier alpha value is -1.83. The predicted molar refractivity (Wildman–Crippen MR) is 75.7 cm³/mol. The normalized spacial score (nSPS) is 16.1. The molecule has 8 heteroatoms. The van der Waals surface area contributed by atoms with Crippen molar-refractivity contribution in [1.82, 2.24) is 4.98 Å². The van der Waals surface area contributed by atoms with E-state index >= 15 is 0 Å². The molecule has 1 aromatic heterocycles. The lowest BCUT2D eigenvalue weighted by Crippen LogP contribution is -2.32. The summed E-state index contributed by atoms with van der Waals surface area (Å²) in [5, 5.41) is 11.5. The van der Waals surface area contributed by atoms with Crippen molar-refractivity contribution < 1.29 is 13.6 Å². The number of hydrogen-bond acceptors (Lipinski definition) is 6. The third kappa shape index (κ3) is 3.38. The fourth-order valence-corrected chi connectivity index (χ4v) is 2.85. The molecule has 1 aromatic rings. The van der Waals surface area contributed by atoms with E-state index in [9.17, 15) is 8.42 Å². The Kier molecular flexibility index (Phi) is 4.12. The number of sulfone groups is 1. The smallest absolute Gasteiger partial charge is 0.179 e. The molecule has 7 nitrogen and oxygen atoms in total. The number of amidine groups is 1. The highest BCUT2D eigenvalue weighted by atomic mass is 32.2. The van der Waals surface area contributed by atoms with Crippen molar-refractivity contribution in [3.8, 4) is 0 Å². The summed E-state index contributed by atoms with van der Waals surface area (Å²) in [5.74, 6) is 0.565. The van der Waals surface area contributed by atoms with E-state index in [1.54, 1.807) is 18.3 Å². The Morgan fingerprint density at radius 1 is 1.60 bits per heavy atom. The zero-order valence-corrected chi connectivity index (χ0v) is 12.0. The maximum Gasteiger partial charge on any atom is 0.179 e. The number of aromatic nitrogens is 1. The van der Waals surface area contributed by atoms with Gasteiger partial charge in [-0.25, -0.2) is 13.4 Å². The number of pyridine rings is 1. The lowest BCUT2D eigenvalue weighted by atomic mass is 10.3. The van der Waals surface area contributed by atoms with Gasteiger partial charge in [0.25, 0.3) is 0 Å². The molecule has 110 valence electrons. The third-order valence-corrected chi connectivity index (χ3v) is 4.26. The molecule has 0 atom stereocenters. The molecule has 0 aromatic carbocycles. The van der Waals surface area contributed by atoms with Crippen molar-refractivity contribution in [3.63, 3.8) is 0 Å². The van der Waals surface area contributed by atoms with Gasteiger partial charge in [-0.15, -0.1) is 0 Å². The van der Waals surface area contributed by atoms with Crippen LogP contribution >= 0.6 is 0 Å². The molecule has 0 unspecified atom stereocenters. The first-order chi connectivity index (χ1) is 9.43. The van der Waals surface area contributed by atoms with E-state index in [2.05, 4.69) is 10.1 Å². The van der Waals surface area contributed by atoms with Crippen LogP contribution in [0.4, 0.5) is 5.82 Å². The standard InChI is InChI=1S/C12H18N4O3S/c1-20(18,19)10-3-2-7-14-12(10)16(9-4-5-9)8-6-11(13)15-17/h2-3,7,9,17H,4-6,8H2,1H3,(H2,13,15). The quantitative estimate of drug-likeness (QED) is 0.344. The second-order valence-corrected chi connectivity index (χ2v) is 6.85. The van der Waals surface area contributed by atoms with E-state index in [1.165, 1.54) is 6.26 Å². The molecule has 0 bridgehead atoms. The molecule has 0 radical (unpaired) electrons. The number of nitrogens with two attached hydrogens (primary N) is 1. The molecule has 0 spiro atoms. The van der Waals surface area contributed by atoms with E-state index < -0.39 is 9.84 Å². The van der Waals surface area contributed by atoms with Crippen LogP contribution in [0.25, 0.3) is 0 Å². The van der Waals surface area contributed by atoms with Gasteiger partial charge in [0.1, 0.15) is 16.5 Å². The Morgan fingerprint density at radius 3 is 2.85 bits per heavy atom. The molecule has 0 saturated heterocycles. The Morgan fingerprint density at radius 2 is 2.30 bits per heavy atom. The van der Waals surface area contributed by atoms with Crippen molar-refractivity contribution in [2.24, 2.45) is 10.9 Å². The average molecular weight is 298 g/mol. The van der Waals surface area contributed by atoms with Crippen molar-refractivity contribution in [2.75, 3.05) is 17.7 Å². The van der Waals surface area contributed by atoms with Crippen molar-refractivity contribution in [1.29, 1.82) is 0 Å². The summed E-state index contributed by atoms with van der Waals surface area (Å²) < 4.78 is 23.7. The number of oxime groups is 1. The highest BCUT2D eigenvalue weighted by molar-refractivity contribution is 7.90. The minimum atomic E-state index is -3.34. The summed E-state index contributed by atoms with van der Waals surface area (Å²) in [7, 11) is -3.34. The summed E-state index contributed by atoms with van der Waals surface area (Å²) in [4.78, 5) is 6.35. The van der Waals surface area contributed by atoms with Gasteiger partial charge in [-0.3, -0.25) is 0 Å². The number of hydrogen-bond donors (Lipinski definition) is 2. The van der Waals surface area contributed by atoms with Gasteiger partial charge in [-0.1, -0.05) is 5.16 Å². The van der Waals surface area contributed by atoms with Crippen LogP contribution in [0.15, 0.2) is 28.4 Å². The van der Waals surface area contributed by atoms with Crippen LogP contribution in [-0.4, -0.2) is 43.3 Å². The largest absolute Gasteiger partial charge is 0.409 e. The van der Waals surface area contributed by atoms with E-state index in [0.29, 0.717) is 18.8 Å². The van der Waals surface area contributed by atoms with Crippen LogP contribution in [0, 0.1) is 0 Å². The minimum Gasteiger partial charge on any atom is -0.409 e. The maximum atomic E-state index is 11.8. The highest BCUT2D eigenvalue weighted by Crippen LogP contribution is 2.33. The molecule has 1 aliphatic carbocycles.